The SMILES string of the molecule is OCCCCCCC[Se]c1ccccc1. The van der Waals surface area contributed by atoms with Crippen LogP contribution in [0.5, 0.6) is 0 Å². The Kier molecular flexibility index (Phi) is 7.63. The van der Waals surface area contributed by atoms with Gasteiger partial charge in [0, 0.05) is 0 Å². The van der Waals surface area contributed by atoms with Gasteiger partial charge in [-0.15, -0.1) is 0 Å². The summed E-state index contributed by atoms with van der Waals surface area (Å²) in [5.41, 5.74) is 0. The maximum absolute atomic E-state index is 8.62. The molecule has 1 aromatic rings. The minimum atomic E-state index is 0.355. The van der Waals surface area contributed by atoms with Crippen molar-refractivity contribution in [3.63, 3.8) is 0 Å². The number of aliphatic hydroxyl groups is 1. The van der Waals surface area contributed by atoms with Gasteiger partial charge in [0.1, 0.15) is 0 Å². The van der Waals surface area contributed by atoms with Gasteiger partial charge in [-0.1, -0.05) is 0 Å². The quantitative estimate of drug-likeness (QED) is 0.568. The zero-order valence-electron chi connectivity index (χ0n) is 9.19. The Labute approximate surface area is 99.1 Å². The van der Waals surface area contributed by atoms with Gasteiger partial charge in [-0.3, -0.25) is 0 Å². The molecular weight excluding hydrogens is 251 g/mol. The van der Waals surface area contributed by atoms with Crippen LogP contribution in [0.1, 0.15) is 32.1 Å². The average Bonchev–Trinajstić information content (AvgIpc) is 2.29. The van der Waals surface area contributed by atoms with Gasteiger partial charge in [0.15, 0.2) is 0 Å². The molecule has 0 atom stereocenters. The van der Waals surface area contributed by atoms with E-state index in [9.17, 15) is 0 Å². The average molecular weight is 271 g/mol. The standard InChI is InChI=1S/C13H20OSe/c14-11-7-2-1-3-8-12-15-13-9-5-4-6-10-13/h4-6,9-10,14H,1-3,7-8,11-12H2. The predicted octanol–water partition coefficient (Wildman–Crippen LogP) is 2.38. The molecule has 1 rings (SSSR count). The molecule has 0 aliphatic rings. The molecule has 0 aliphatic heterocycles. The van der Waals surface area contributed by atoms with E-state index in [-0.39, 0.29) is 0 Å². The molecule has 0 amide bonds. The molecule has 0 aromatic heterocycles. The normalized spacial score (nSPS) is 10.5. The molecule has 0 spiro atoms. The Balaban J connectivity index is 1.93. The van der Waals surface area contributed by atoms with E-state index < -0.39 is 0 Å². The molecule has 84 valence electrons. The van der Waals surface area contributed by atoms with Crippen LogP contribution in [0.4, 0.5) is 0 Å². The molecule has 0 saturated heterocycles. The van der Waals surface area contributed by atoms with Crippen LogP contribution < -0.4 is 4.46 Å². The first kappa shape index (κ1) is 12.8. The number of unbranched alkanes of at least 4 members (excludes halogenated alkanes) is 4. The van der Waals surface area contributed by atoms with Crippen molar-refractivity contribution >= 4 is 19.4 Å². The molecule has 0 unspecified atom stereocenters. The van der Waals surface area contributed by atoms with E-state index in [1.54, 1.807) is 0 Å². The Morgan fingerprint density at radius 1 is 0.867 bits per heavy atom. The Morgan fingerprint density at radius 3 is 2.27 bits per heavy atom. The summed E-state index contributed by atoms with van der Waals surface area (Å²) in [5.74, 6) is 0. The van der Waals surface area contributed by atoms with Crippen molar-refractivity contribution in [2.24, 2.45) is 0 Å². The van der Waals surface area contributed by atoms with Gasteiger partial charge in [0.2, 0.25) is 0 Å². The van der Waals surface area contributed by atoms with Gasteiger partial charge in [-0.05, 0) is 0 Å². The second-order valence-electron chi connectivity index (χ2n) is 3.65. The first-order valence-corrected chi connectivity index (χ1v) is 7.79. The van der Waals surface area contributed by atoms with Gasteiger partial charge in [0.25, 0.3) is 0 Å². The first-order chi connectivity index (χ1) is 7.43. The number of hydrogen-bond acceptors (Lipinski definition) is 1. The summed E-state index contributed by atoms with van der Waals surface area (Å²) in [6, 6.07) is 10.8. The van der Waals surface area contributed by atoms with Crippen LogP contribution >= 0.6 is 0 Å². The first-order valence-electron chi connectivity index (χ1n) is 5.72. The van der Waals surface area contributed by atoms with Gasteiger partial charge in [-0.25, -0.2) is 0 Å². The van der Waals surface area contributed by atoms with Crippen LogP contribution in [0, 0.1) is 0 Å². The molecule has 1 N–H and O–H groups in total. The van der Waals surface area contributed by atoms with Gasteiger partial charge in [-0.2, -0.15) is 0 Å². The fourth-order valence-electron chi connectivity index (χ4n) is 1.45. The maximum atomic E-state index is 8.62. The fraction of sp³-hybridized carbons (Fsp3) is 0.538. The summed E-state index contributed by atoms with van der Waals surface area (Å²) in [6.45, 7) is 0.355. The topological polar surface area (TPSA) is 20.2 Å². The second kappa shape index (κ2) is 8.96. The molecule has 2 heteroatoms. The third kappa shape index (κ3) is 6.72. The summed E-state index contributed by atoms with van der Waals surface area (Å²) in [5, 5.41) is 9.98. The minimum absolute atomic E-state index is 0.355. The Morgan fingerprint density at radius 2 is 1.53 bits per heavy atom. The number of rotatable bonds is 8. The molecule has 1 nitrogen and oxygen atoms in total. The van der Waals surface area contributed by atoms with Crippen molar-refractivity contribution < 1.29 is 5.11 Å². The summed E-state index contributed by atoms with van der Waals surface area (Å²) >= 11 is 0.665. The van der Waals surface area contributed by atoms with Crippen molar-refractivity contribution in [2.45, 2.75) is 37.4 Å². The molecule has 0 radical (unpaired) electrons. The van der Waals surface area contributed by atoms with Gasteiger partial charge in [0.05, 0.1) is 0 Å². The number of aliphatic hydroxyl groups excluding tert-OH is 1. The molecule has 0 saturated carbocycles. The molecule has 0 heterocycles. The zero-order valence-corrected chi connectivity index (χ0v) is 10.9. The summed E-state index contributed by atoms with van der Waals surface area (Å²) in [4.78, 5) is 0. The number of benzene rings is 1. The van der Waals surface area contributed by atoms with Gasteiger partial charge >= 0.3 is 98.9 Å². The van der Waals surface area contributed by atoms with Crippen LogP contribution in [-0.4, -0.2) is 26.7 Å². The summed E-state index contributed by atoms with van der Waals surface area (Å²) in [7, 11) is 0. The van der Waals surface area contributed by atoms with Gasteiger partial charge < -0.3 is 0 Å². The van der Waals surface area contributed by atoms with Crippen molar-refractivity contribution in [2.75, 3.05) is 6.61 Å². The van der Waals surface area contributed by atoms with Crippen molar-refractivity contribution in [1.29, 1.82) is 0 Å². The zero-order chi connectivity index (χ0) is 10.8. The van der Waals surface area contributed by atoms with E-state index in [2.05, 4.69) is 30.3 Å². The molecule has 15 heavy (non-hydrogen) atoms. The second-order valence-corrected chi connectivity index (χ2v) is 6.10. The van der Waals surface area contributed by atoms with Crippen LogP contribution in [0.2, 0.25) is 5.32 Å². The van der Waals surface area contributed by atoms with Crippen molar-refractivity contribution in [1.82, 2.24) is 0 Å². The third-order valence-corrected chi connectivity index (χ3v) is 4.62. The van der Waals surface area contributed by atoms with E-state index >= 15 is 0 Å². The summed E-state index contributed by atoms with van der Waals surface area (Å²) < 4.78 is 1.51. The molecule has 0 bridgehead atoms. The Bertz CT molecular complexity index is 236. The third-order valence-electron chi connectivity index (χ3n) is 2.31. The monoisotopic (exact) mass is 272 g/mol. The Hall–Kier alpha value is -0.301. The molecular formula is C13H20OSe. The van der Waals surface area contributed by atoms with E-state index in [1.807, 2.05) is 0 Å². The van der Waals surface area contributed by atoms with E-state index in [4.69, 9.17) is 5.11 Å². The van der Waals surface area contributed by atoms with Crippen molar-refractivity contribution in [3.8, 4) is 0 Å². The van der Waals surface area contributed by atoms with Crippen LogP contribution in [0.25, 0.3) is 0 Å². The molecule has 0 aliphatic carbocycles. The summed E-state index contributed by atoms with van der Waals surface area (Å²) in [6.07, 6.45) is 6.12. The van der Waals surface area contributed by atoms with Crippen LogP contribution in [-0.2, 0) is 0 Å². The van der Waals surface area contributed by atoms with E-state index in [0.29, 0.717) is 21.6 Å². The fourth-order valence-corrected chi connectivity index (χ4v) is 3.41. The van der Waals surface area contributed by atoms with E-state index in [1.165, 1.54) is 35.5 Å². The van der Waals surface area contributed by atoms with Crippen LogP contribution in [0.3, 0.4) is 0 Å². The molecule has 0 fully saturated rings. The van der Waals surface area contributed by atoms with Crippen LogP contribution in [0.15, 0.2) is 30.3 Å². The number of hydrogen-bond donors (Lipinski definition) is 1. The molecule has 1 aromatic carbocycles. The predicted molar refractivity (Wildman–Crippen MR) is 66.8 cm³/mol. The van der Waals surface area contributed by atoms with Crippen molar-refractivity contribution in [3.05, 3.63) is 30.3 Å². The van der Waals surface area contributed by atoms with E-state index in [0.717, 1.165) is 6.42 Å².